The predicted octanol–water partition coefficient (Wildman–Crippen LogP) is 1.24. The number of hydrogen-bond donors (Lipinski definition) is 2. The van der Waals surface area contributed by atoms with Crippen molar-refractivity contribution < 1.29 is 14.3 Å². The van der Waals surface area contributed by atoms with Gasteiger partial charge in [-0.1, -0.05) is 13.8 Å². The molecule has 0 bridgehead atoms. The molecule has 100 valence electrons. The van der Waals surface area contributed by atoms with E-state index >= 15 is 0 Å². The first-order valence-corrected chi connectivity index (χ1v) is 7.01. The van der Waals surface area contributed by atoms with Crippen LogP contribution in [0.15, 0.2) is 0 Å². The van der Waals surface area contributed by atoms with Crippen LogP contribution in [-0.4, -0.2) is 43.7 Å². The molecule has 1 atom stereocenters. The van der Waals surface area contributed by atoms with Crippen molar-refractivity contribution in [3.05, 3.63) is 0 Å². The van der Waals surface area contributed by atoms with Crippen LogP contribution in [0.2, 0.25) is 0 Å². The number of carbonyl (C=O) groups excluding carboxylic acids is 2. The van der Waals surface area contributed by atoms with Crippen LogP contribution in [0.3, 0.4) is 0 Å². The number of thioether (sulfide) groups is 1. The Morgan fingerprint density at radius 1 is 1.35 bits per heavy atom. The third kappa shape index (κ3) is 7.90. The van der Waals surface area contributed by atoms with Crippen molar-refractivity contribution in [1.82, 2.24) is 10.6 Å². The van der Waals surface area contributed by atoms with Gasteiger partial charge in [0.2, 0.25) is 0 Å². The fourth-order valence-corrected chi connectivity index (χ4v) is 1.60. The van der Waals surface area contributed by atoms with Gasteiger partial charge in [-0.3, -0.25) is 0 Å². The molecule has 0 saturated carbocycles. The van der Waals surface area contributed by atoms with E-state index in [2.05, 4.69) is 15.4 Å². The molecular formula is C11H22N2O3S. The van der Waals surface area contributed by atoms with Crippen molar-refractivity contribution in [3.63, 3.8) is 0 Å². The number of urea groups is 1. The molecule has 5 nitrogen and oxygen atoms in total. The van der Waals surface area contributed by atoms with E-state index in [0.29, 0.717) is 18.9 Å². The minimum Gasteiger partial charge on any atom is -0.467 e. The van der Waals surface area contributed by atoms with Crippen molar-refractivity contribution >= 4 is 23.8 Å². The molecule has 2 amide bonds. The summed E-state index contributed by atoms with van der Waals surface area (Å²) < 4.78 is 4.65. The summed E-state index contributed by atoms with van der Waals surface area (Å²) in [5, 5.41) is 5.32. The highest BCUT2D eigenvalue weighted by molar-refractivity contribution is 7.98. The molecule has 6 heteroatoms. The van der Waals surface area contributed by atoms with Crippen LogP contribution < -0.4 is 10.6 Å². The van der Waals surface area contributed by atoms with Gasteiger partial charge in [-0.2, -0.15) is 11.8 Å². The fraction of sp³-hybridized carbons (Fsp3) is 0.818. The van der Waals surface area contributed by atoms with Crippen LogP contribution in [0.1, 0.15) is 20.3 Å². The van der Waals surface area contributed by atoms with Gasteiger partial charge in [0.15, 0.2) is 0 Å². The standard InChI is InChI=1S/C11H22N2O3S/c1-8(2)7-12-11(15)13-9(5-6-17-4)10(14)16-3/h8-9H,5-7H2,1-4H3,(H2,12,13,15). The van der Waals surface area contributed by atoms with Crippen molar-refractivity contribution in [2.75, 3.05) is 25.7 Å². The highest BCUT2D eigenvalue weighted by Crippen LogP contribution is 2.02. The van der Waals surface area contributed by atoms with E-state index in [1.54, 1.807) is 11.8 Å². The largest absolute Gasteiger partial charge is 0.467 e. The molecule has 0 aliphatic carbocycles. The zero-order valence-electron chi connectivity index (χ0n) is 10.9. The smallest absolute Gasteiger partial charge is 0.328 e. The van der Waals surface area contributed by atoms with Crippen LogP contribution in [0.4, 0.5) is 4.79 Å². The maximum atomic E-state index is 11.5. The van der Waals surface area contributed by atoms with E-state index in [1.807, 2.05) is 20.1 Å². The summed E-state index contributed by atoms with van der Waals surface area (Å²) in [5.41, 5.74) is 0. The van der Waals surface area contributed by atoms with E-state index in [-0.39, 0.29) is 6.03 Å². The molecular weight excluding hydrogens is 240 g/mol. The van der Waals surface area contributed by atoms with Crippen LogP contribution >= 0.6 is 11.8 Å². The Kier molecular flexibility index (Phi) is 8.66. The van der Waals surface area contributed by atoms with E-state index in [0.717, 1.165) is 5.75 Å². The topological polar surface area (TPSA) is 67.4 Å². The Bertz CT molecular complexity index is 247. The summed E-state index contributed by atoms with van der Waals surface area (Å²) >= 11 is 1.62. The number of nitrogens with one attached hydrogen (secondary N) is 2. The number of rotatable bonds is 7. The quantitative estimate of drug-likeness (QED) is 0.677. The monoisotopic (exact) mass is 262 g/mol. The van der Waals surface area contributed by atoms with Crippen molar-refractivity contribution in [2.45, 2.75) is 26.3 Å². The zero-order chi connectivity index (χ0) is 13.3. The summed E-state index contributed by atoms with van der Waals surface area (Å²) in [4.78, 5) is 22.9. The van der Waals surface area contributed by atoms with Gasteiger partial charge in [0, 0.05) is 6.54 Å². The third-order valence-corrected chi connectivity index (χ3v) is 2.72. The van der Waals surface area contributed by atoms with Crippen LogP contribution in [0.25, 0.3) is 0 Å². The summed E-state index contributed by atoms with van der Waals surface area (Å²) in [6.45, 7) is 4.60. The highest BCUT2D eigenvalue weighted by Gasteiger charge is 2.20. The molecule has 0 radical (unpaired) electrons. The van der Waals surface area contributed by atoms with Gasteiger partial charge < -0.3 is 15.4 Å². The third-order valence-electron chi connectivity index (χ3n) is 2.07. The zero-order valence-corrected chi connectivity index (χ0v) is 11.7. The van der Waals surface area contributed by atoms with Gasteiger partial charge >= 0.3 is 12.0 Å². The van der Waals surface area contributed by atoms with Crippen molar-refractivity contribution in [2.24, 2.45) is 5.92 Å². The molecule has 1 unspecified atom stereocenters. The first kappa shape index (κ1) is 16.1. The molecule has 0 aromatic heterocycles. The Morgan fingerprint density at radius 2 is 2.00 bits per heavy atom. The first-order valence-electron chi connectivity index (χ1n) is 5.62. The lowest BCUT2D eigenvalue weighted by Crippen LogP contribution is -2.47. The van der Waals surface area contributed by atoms with E-state index < -0.39 is 12.0 Å². The molecule has 0 aromatic rings. The average Bonchev–Trinajstić information content (AvgIpc) is 2.30. The molecule has 0 aliphatic heterocycles. The second-order valence-electron chi connectivity index (χ2n) is 4.11. The van der Waals surface area contributed by atoms with Gasteiger partial charge in [-0.05, 0) is 24.3 Å². The van der Waals surface area contributed by atoms with Gasteiger partial charge in [0.05, 0.1) is 7.11 Å². The Balaban J connectivity index is 4.12. The minimum atomic E-state index is -0.570. The molecule has 0 rings (SSSR count). The van der Waals surface area contributed by atoms with E-state index in [1.165, 1.54) is 7.11 Å². The number of ether oxygens (including phenoxy) is 1. The molecule has 0 spiro atoms. The van der Waals surface area contributed by atoms with E-state index in [9.17, 15) is 9.59 Å². The lowest BCUT2D eigenvalue weighted by atomic mass is 10.2. The highest BCUT2D eigenvalue weighted by atomic mass is 32.2. The molecule has 0 fully saturated rings. The lowest BCUT2D eigenvalue weighted by Gasteiger charge is -2.17. The second-order valence-corrected chi connectivity index (χ2v) is 5.09. The van der Waals surface area contributed by atoms with Gasteiger partial charge in [-0.15, -0.1) is 0 Å². The molecule has 2 N–H and O–H groups in total. The number of carbonyl (C=O) groups is 2. The normalized spacial score (nSPS) is 12.1. The summed E-state index contributed by atoms with van der Waals surface area (Å²) in [6, 6.07) is -0.894. The van der Waals surface area contributed by atoms with E-state index in [4.69, 9.17) is 0 Å². The molecule has 17 heavy (non-hydrogen) atoms. The Labute approximate surface area is 107 Å². The summed E-state index contributed by atoms with van der Waals surface area (Å²) in [5.74, 6) is 0.770. The number of amides is 2. The summed E-state index contributed by atoms with van der Waals surface area (Å²) in [7, 11) is 1.32. The summed E-state index contributed by atoms with van der Waals surface area (Å²) in [6.07, 6.45) is 2.52. The molecule has 0 heterocycles. The maximum absolute atomic E-state index is 11.5. The van der Waals surface area contributed by atoms with Crippen LogP contribution in [0, 0.1) is 5.92 Å². The van der Waals surface area contributed by atoms with Gasteiger partial charge in [0.1, 0.15) is 6.04 Å². The van der Waals surface area contributed by atoms with Crippen LogP contribution in [0.5, 0.6) is 0 Å². The predicted molar refractivity (Wildman–Crippen MR) is 70.2 cm³/mol. The van der Waals surface area contributed by atoms with Crippen molar-refractivity contribution in [3.8, 4) is 0 Å². The maximum Gasteiger partial charge on any atom is 0.328 e. The minimum absolute atomic E-state index is 0.324. The Morgan fingerprint density at radius 3 is 2.47 bits per heavy atom. The number of esters is 1. The lowest BCUT2D eigenvalue weighted by molar-refractivity contribution is -0.142. The van der Waals surface area contributed by atoms with Gasteiger partial charge in [-0.25, -0.2) is 9.59 Å². The van der Waals surface area contributed by atoms with Crippen molar-refractivity contribution in [1.29, 1.82) is 0 Å². The second kappa shape index (κ2) is 9.15. The Hall–Kier alpha value is -0.910. The number of methoxy groups -OCH3 is 1. The van der Waals surface area contributed by atoms with Gasteiger partial charge in [0.25, 0.3) is 0 Å². The molecule has 0 aromatic carbocycles. The van der Waals surface area contributed by atoms with Crippen LogP contribution in [-0.2, 0) is 9.53 Å². The first-order chi connectivity index (χ1) is 8.01. The average molecular weight is 262 g/mol. The molecule has 0 saturated heterocycles. The SMILES string of the molecule is COC(=O)C(CCSC)NC(=O)NCC(C)C. The number of hydrogen-bond acceptors (Lipinski definition) is 4. The fourth-order valence-electron chi connectivity index (χ4n) is 1.13. The molecule has 0 aliphatic rings.